The summed E-state index contributed by atoms with van der Waals surface area (Å²) in [7, 11) is 4.03. The molecule has 0 aliphatic heterocycles. The minimum absolute atomic E-state index is 0.0935. The molecule has 0 radical (unpaired) electrons. The summed E-state index contributed by atoms with van der Waals surface area (Å²) in [5.41, 5.74) is 1.62. The second-order valence-electron chi connectivity index (χ2n) is 7.13. The molecule has 0 saturated heterocycles. The first-order valence-electron chi connectivity index (χ1n) is 9.73. The number of carbonyl (C=O) groups is 1. The van der Waals surface area contributed by atoms with Crippen molar-refractivity contribution in [2.24, 2.45) is 0 Å². The van der Waals surface area contributed by atoms with Gasteiger partial charge < -0.3 is 5.32 Å². The summed E-state index contributed by atoms with van der Waals surface area (Å²) < 4.78 is 2.00. The van der Waals surface area contributed by atoms with Crippen molar-refractivity contribution in [1.82, 2.24) is 24.6 Å². The number of hydrogen-bond donors (Lipinski definition) is 1. The molecule has 1 atom stereocenters. The van der Waals surface area contributed by atoms with Crippen LogP contribution in [0.25, 0.3) is 5.69 Å². The predicted octanol–water partition coefficient (Wildman–Crippen LogP) is 5.02. The van der Waals surface area contributed by atoms with E-state index in [1.807, 2.05) is 49.0 Å². The van der Waals surface area contributed by atoms with Gasteiger partial charge in [-0.15, -0.1) is 10.2 Å². The number of nitrogens with one attached hydrogen (secondary N) is 1. The van der Waals surface area contributed by atoms with Gasteiger partial charge in [-0.3, -0.25) is 14.3 Å². The van der Waals surface area contributed by atoms with Crippen LogP contribution in [-0.4, -0.2) is 50.4 Å². The Hall–Kier alpha value is -2.13. The third-order valence-electron chi connectivity index (χ3n) is 4.77. The van der Waals surface area contributed by atoms with Gasteiger partial charge in [-0.1, -0.05) is 60.1 Å². The molecule has 7 nitrogen and oxygen atoms in total. The van der Waals surface area contributed by atoms with Gasteiger partial charge in [0.25, 0.3) is 0 Å². The highest BCUT2D eigenvalue weighted by Gasteiger charge is 2.23. The van der Waals surface area contributed by atoms with Crippen LogP contribution in [-0.2, 0) is 4.79 Å². The third kappa shape index (κ3) is 5.38. The number of thioether (sulfide) groups is 1. The first-order valence-corrected chi connectivity index (χ1v) is 11.5. The van der Waals surface area contributed by atoms with Crippen LogP contribution in [0.2, 0.25) is 10.0 Å². The lowest BCUT2D eigenvalue weighted by atomic mass is 10.2. The van der Waals surface area contributed by atoms with Crippen LogP contribution in [0, 0.1) is 6.92 Å². The zero-order valence-electron chi connectivity index (χ0n) is 17.8. The van der Waals surface area contributed by atoms with Crippen molar-refractivity contribution in [3.8, 4) is 5.69 Å². The average Bonchev–Trinajstić information content (AvgIpc) is 3.17. The van der Waals surface area contributed by atoms with Crippen LogP contribution in [0.3, 0.4) is 0 Å². The van der Waals surface area contributed by atoms with E-state index < -0.39 is 0 Å². The Morgan fingerprint density at radius 3 is 2.58 bits per heavy atom. The second-order valence-corrected chi connectivity index (χ2v) is 8.86. The Morgan fingerprint density at radius 1 is 1.23 bits per heavy atom. The van der Waals surface area contributed by atoms with E-state index in [4.69, 9.17) is 23.2 Å². The van der Waals surface area contributed by atoms with E-state index in [0.29, 0.717) is 20.8 Å². The first-order chi connectivity index (χ1) is 14.8. The molecular formula is C21H24Cl2N6OS. The van der Waals surface area contributed by atoms with E-state index in [9.17, 15) is 4.79 Å². The molecule has 3 aromatic rings. The molecule has 0 unspecified atom stereocenters. The fourth-order valence-electron chi connectivity index (χ4n) is 3.13. The van der Waals surface area contributed by atoms with Gasteiger partial charge in [-0.05, 0) is 45.1 Å². The minimum Gasteiger partial charge on any atom is -0.309 e. The molecule has 31 heavy (non-hydrogen) atoms. The van der Waals surface area contributed by atoms with Crippen LogP contribution in [0.15, 0.2) is 41.7 Å². The average molecular weight is 479 g/mol. The van der Waals surface area contributed by atoms with Crippen molar-refractivity contribution in [2.75, 3.05) is 25.2 Å². The molecule has 0 aliphatic carbocycles. The number of amides is 1. The van der Waals surface area contributed by atoms with Crippen molar-refractivity contribution in [3.63, 3.8) is 0 Å². The lowest BCUT2D eigenvalue weighted by Crippen LogP contribution is -2.23. The first kappa shape index (κ1) is 23.5. The third-order valence-corrected chi connectivity index (χ3v) is 6.55. The lowest BCUT2D eigenvalue weighted by Gasteiger charge is -2.23. The highest BCUT2D eigenvalue weighted by molar-refractivity contribution is 7.99. The lowest BCUT2D eigenvalue weighted by molar-refractivity contribution is -0.113. The molecule has 0 aliphatic rings. The largest absolute Gasteiger partial charge is 0.309 e. The van der Waals surface area contributed by atoms with E-state index in [2.05, 4.69) is 32.3 Å². The number of nitrogens with zero attached hydrogens (tertiary/aromatic N) is 5. The molecule has 10 heteroatoms. The maximum Gasteiger partial charge on any atom is 0.236 e. The quantitative estimate of drug-likeness (QED) is 0.458. The highest BCUT2D eigenvalue weighted by atomic mass is 35.5. The van der Waals surface area contributed by atoms with Crippen LogP contribution >= 0.6 is 35.0 Å². The number of carbonyl (C=O) groups excluding carboxylic acids is 1. The van der Waals surface area contributed by atoms with Gasteiger partial charge in [0.15, 0.2) is 16.8 Å². The molecule has 2 heterocycles. The standard InChI is InChI=1S/C21H24Cl2N6OS/c1-5-16(28(3)4)20-26-27-21(29(20)14-9-7-6-8-10-14)31-12-17(30)25-19-18(23)13(2)15(22)11-24-19/h6-11,16H,5,12H2,1-4H3,(H,24,25,30)/t16-/m0/s1. The SMILES string of the molecule is CC[C@@H](c1nnc(SCC(=O)Nc2ncc(Cl)c(C)c2Cl)n1-c1ccccc1)N(C)C. The maximum absolute atomic E-state index is 12.6. The molecule has 0 saturated carbocycles. The van der Waals surface area contributed by atoms with Crippen LogP contribution < -0.4 is 5.32 Å². The van der Waals surface area contributed by atoms with Gasteiger partial charge in [-0.25, -0.2) is 4.98 Å². The van der Waals surface area contributed by atoms with Crippen molar-refractivity contribution >= 4 is 46.7 Å². The summed E-state index contributed by atoms with van der Waals surface area (Å²) in [5.74, 6) is 1.01. The summed E-state index contributed by atoms with van der Waals surface area (Å²) in [6, 6.07) is 9.98. The molecule has 2 aromatic heterocycles. The summed E-state index contributed by atoms with van der Waals surface area (Å²) >= 11 is 13.6. The fraction of sp³-hybridized carbons (Fsp3) is 0.333. The second kappa shape index (κ2) is 10.5. The summed E-state index contributed by atoms with van der Waals surface area (Å²) in [6.07, 6.45) is 2.35. The molecule has 1 aromatic carbocycles. The molecule has 0 bridgehead atoms. The Balaban J connectivity index is 1.82. The van der Waals surface area contributed by atoms with Crippen molar-refractivity contribution < 1.29 is 4.79 Å². The van der Waals surface area contributed by atoms with E-state index in [1.165, 1.54) is 18.0 Å². The van der Waals surface area contributed by atoms with Crippen LogP contribution in [0.1, 0.15) is 30.8 Å². The zero-order valence-corrected chi connectivity index (χ0v) is 20.1. The van der Waals surface area contributed by atoms with Crippen molar-refractivity contribution in [3.05, 3.63) is 58.0 Å². The number of benzene rings is 1. The molecule has 0 spiro atoms. The Morgan fingerprint density at radius 2 is 1.94 bits per heavy atom. The minimum atomic E-state index is -0.245. The molecular weight excluding hydrogens is 455 g/mol. The van der Waals surface area contributed by atoms with Crippen LogP contribution in [0.5, 0.6) is 0 Å². The Kier molecular flexibility index (Phi) is 7.94. The summed E-state index contributed by atoms with van der Waals surface area (Å²) in [6.45, 7) is 3.88. The van der Waals surface area contributed by atoms with E-state index in [1.54, 1.807) is 6.92 Å². The van der Waals surface area contributed by atoms with E-state index in [-0.39, 0.29) is 23.5 Å². The number of hydrogen-bond acceptors (Lipinski definition) is 6. The molecule has 1 amide bonds. The van der Waals surface area contributed by atoms with Crippen molar-refractivity contribution in [2.45, 2.75) is 31.5 Å². The fourth-order valence-corrected chi connectivity index (χ4v) is 4.28. The predicted molar refractivity (Wildman–Crippen MR) is 126 cm³/mol. The molecule has 0 fully saturated rings. The molecule has 164 valence electrons. The molecule has 1 N–H and O–H groups in total. The van der Waals surface area contributed by atoms with Gasteiger partial charge in [0.05, 0.1) is 21.8 Å². The monoisotopic (exact) mass is 478 g/mol. The number of pyridine rings is 1. The van der Waals surface area contributed by atoms with Gasteiger partial charge in [0, 0.05) is 11.9 Å². The number of rotatable bonds is 8. The van der Waals surface area contributed by atoms with E-state index >= 15 is 0 Å². The normalized spacial score (nSPS) is 12.2. The van der Waals surface area contributed by atoms with Gasteiger partial charge >= 0.3 is 0 Å². The highest BCUT2D eigenvalue weighted by Crippen LogP contribution is 2.30. The zero-order chi connectivity index (χ0) is 22.5. The maximum atomic E-state index is 12.6. The van der Waals surface area contributed by atoms with Gasteiger partial charge in [-0.2, -0.15) is 0 Å². The van der Waals surface area contributed by atoms with Gasteiger partial charge in [0.1, 0.15) is 0 Å². The number of aromatic nitrogens is 4. The summed E-state index contributed by atoms with van der Waals surface area (Å²) in [5, 5.41) is 13.0. The number of para-hydroxylation sites is 1. The summed E-state index contributed by atoms with van der Waals surface area (Å²) in [4.78, 5) is 18.8. The Labute approximate surface area is 196 Å². The number of anilines is 1. The van der Waals surface area contributed by atoms with Crippen molar-refractivity contribution in [1.29, 1.82) is 0 Å². The Bertz CT molecular complexity index is 1060. The number of halogens is 2. The van der Waals surface area contributed by atoms with E-state index in [0.717, 1.165) is 17.9 Å². The van der Waals surface area contributed by atoms with Gasteiger partial charge in [0.2, 0.25) is 5.91 Å². The molecule has 3 rings (SSSR count). The topological polar surface area (TPSA) is 75.9 Å². The van der Waals surface area contributed by atoms with Crippen LogP contribution in [0.4, 0.5) is 5.82 Å². The smallest absolute Gasteiger partial charge is 0.236 e.